The van der Waals surface area contributed by atoms with Crippen molar-refractivity contribution in [1.29, 1.82) is 0 Å². The van der Waals surface area contributed by atoms with Crippen LogP contribution in [0.25, 0.3) is 0 Å². The van der Waals surface area contributed by atoms with Gasteiger partial charge in [-0.05, 0) is 17.9 Å². The standard InChI is InChI=1S/C13H17ClO/c1-9(14)12(15)10-5-7-11(8-6-10)13(2,3)4/h5-9H,1-4H3/t9-/m0/s1. The monoisotopic (exact) mass is 224 g/mol. The van der Waals surface area contributed by atoms with Crippen molar-refractivity contribution < 1.29 is 4.79 Å². The maximum absolute atomic E-state index is 11.6. The first-order valence-electron chi connectivity index (χ1n) is 5.11. The fourth-order valence-corrected chi connectivity index (χ4v) is 1.49. The lowest BCUT2D eigenvalue weighted by Crippen LogP contribution is -2.13. The highest BCUT2D eigenvalue weighted by molar-refractivity contribution is 6.33. The molecule has 0 aliphatic carbocycles. The predicted molar refractivity (Wildman–Crippen MR) is 64.8 cm³/mol. The van der Waals surface area contributed by atoms with Crippen LogP contribution in [0.15, 0.2) is 24.3 Å². The molecule has 82 valence electrons. The van der Waals surface area contributed by atoms with Gasteiger partial charge in [-0.1, -0.05) is 45.0 Å². The zero-order valence-corrected chi connectivity index (χ0v) is 10.4. The molecular formula is C13H17ClO. The van der Waals surface area contributed by atoms with Gasteiger partial charge in [0.1, 0.15) is 0 Å². The number of benzene rings is 1. The third-order valence-corrected chi connectivity index (χ3v) is 2.59. The van der Waals surface area contributed by atoms with Gasteiger partial charge < -0.3 is 0 Å². The maximum atomic E-state index is 11.6. The molecule has 2 heteroatoms. The van der Waals surface area contributed by atoms with E-state index >= 15 is 0 Å². The highest BCUT2D eigenvalue weighted by atomic mass is 35.5. The van der Waals surface area contributed by atoms with Gasteiger partial charge in [0.25, 0.3) is 0 Å². The summed E-state index contributed by atoms with van der Waals surface area (Å²) in [5.41, 5.74) is 2.03. The minimum Gasteiger partial charge on any atom is -0.293 e. The number of rotatable bonds is 2. The SMILES string of the molecule is C[C@H](Cl)C(=O)c1ccc(C(C)(C)C)cc1. The van der Waals surface area contributed by atoms with Crippen LogP contribution in [-0.2, 0) is 5.41 Å². The second-order valence-electron chi connectivity index (χ2n) is 4.81. The van der Waals surface area contributed by atoms with Crippen molar-refractivity contribution in [3.8, 4) is 0 Å². The van der Waals surface area contributed by atoms with Gasteiger partial charge in [0, 0.05) is 5.56 Å². The number of halogens is 1. The summed E-state index contributed by atoms with van der Waals surface area (Å²) < 4.78 is 0. The molecule has 1 aromatic carbocycles. The molecule has 1 nitrogen and oxygen atoms in total. The van der Waals surface area contributed by atoms with Crippen molar-refractivity contribution in [2.75, 3.05) is 0 Å². The molecule has 0 saturated heterocycles. The fourth-order valence-electron chi connectivity index (χ4n) is 1.36. The minimum absolute atomic E-state index is 0.0166. The Kier molecular flexibility index (Phi) is 3.56. The fraction of sp³-hybridized carbons (Fsp3) is 0.462. The van der Waals surface area contributed by atoms with Crippen LogP contribution in [0.2, 0.25) is 0 Å². The van der Waals surface area contributed by atoms with E-state index in [2.05, 4.69) is 20.8 Å². The van der Waals surface area contributed by atoms with Crippen molar-refractivity contribution in [2.45, 2.75) is 38.5 Å². The van der Waals surface area contributed by atoms with Crippen molar-refractivity contribution in [3.63, 3.8) is 0 Å². The van der Waals surface area contributed by atoms with E-state index < -0.39 is 5.38 Å². The summed E-state index contributed by atoms with van der Waals surface area (Å²) in [5, 5.41) is -0.453. The lowest BCUT2D eigenvalue weighted by molar-refractivity contribution is 0.0991. The Morgan fingerprint density at radius 2 is 1.67 bits per heavy atom. The van der Waals surface area contributed by atoms with E-state index in [1.54, 1.807) is 6.92 Å². The first kappa shape index (κ1) is 12.3. The van der Waals surface area contributed by atoms with Gasteiger partial charge in [-0.2, -0.15) is 0 Å². The number of carbonyl (C=O) groups excluding carboxylic acids is 1. The molecule has 1 atom stereocenters. The van der Waals surface area contributed by atoms with Crippen molar-refractivity contribution in [1.82, 2.24) is 0 Å². The van der Waals surface area contributed by atoms with E-state index in [4.69, 9.17) is 11.6 Å². The second-order valence-corrected chi connectivity index (χ2v) is 5.46. The first-order chi connectivity index (χ1) is 6.82. The quantitative estimate of drug-likeness (QED) is 0.552. The van der Waals surface area contributed by atoms with Crippen LogP contribution < -0.4 is 0 Å². The maximum Gasteiger partial charge on any atom is 0.180 e. The Bertz CT molecular complexity index is 344. The highest BCUT2D eigenvalue weighted by Gasteiger charge is 2.15. The molecule has 0 spiro atoms. The van der Waals surface area contributed by atoms with E-state index in [1.165, 1.54) is 5.56 Å². The lowest BCUT2D eigenvalue weighted by Gasteiger charge is -2.19. The Hall–Kier alpha value is -0.820. The van der Waals surface area contributed by atoms with Gasteiger partial charge in [-0.25, -0.2) is 0 Å². The summed E-state index contributed by atoms with van der Waals surface area (Å²) in [6, 6.07) is 7.68. The highest BCUT2D eigenvalue weighted by Crippen LogP contribution is 2.22. The molecule has 0 fully saturated rings. The van der Waals surface area contributed by atoms with Crippen LogP contribution in [0.5, 0.6) is 0 Å². The molecule has 1 rings (SSSR count). The van der Waals surface area contributed by atoms with E-state index in [9.17, 15) is 4.79 Å². The molecule has 1 aromatic rings. The van der Waals surface area contributed by atoms with Gasteiger partial charge in [0.2, 0.25) is 0 Å². The molecular weight excluding hydrogens is 208 g/mol. The summed E-state index contributed by atoms with van der Waals surface area (Å²) >= 11 is 5.74. The average molecular weight is 225 g/mol. The third kappa shape index (κ3) is 3.07. The molecule has 0 saturated carbocycles. The molecule has 0 aromatic heterocycles. The zero-order chi connectivity index (χ0) is 11.6. The first-order valence-corrected chi connectivity index (χ1v) is 5.55. The molecule has 0 amide bonds. The van der Waals surface area contributed by atoms with Crippen LogP contribution in [0, 0.1) is 0 Å². The number of hydrogen-bond acceptors (Lipinski definition) is 1. The van der Waals surface area contributed by atoms with Crippen LogP contribution in [0.3, 0.4) is 0 Å². The van der Waals surface area contributed by atoms with Gasteiger partial charge in [-0.3, -0.25) is 4.79 Å². The van der Waals surface area contributed by atoms with Crippen LogP contribution in [-0.4, -0.2) is 11.2 Å². The lowest BCUT2D eigenvalue weighted by atomic mass is 9.86. The summed E-state index contributed by atoms with van der Waals surface area (Å²) in [4.78, 5) is 11.6. The third-order valence-electron chi connectivity index (χ3n) is 2.40. The van der Waals surface area contributed by atoms with E-state index in [0.717, 1.165) is 0 Å². The Labute approximate surface area is 96.5 Å². The van der Waals surface area contributed by atoms with E-state index in [-0.39, 0.29) is 11.2 Å². The van der Waals surface area contributed by atoms with Gasteiger partial charge in [-0.15, -0.1) is 11.6 Å². The van der Waals surface area contributed by atoms with Crippen LogP contribution in [0.1, 0.15) is 43.6 Å². The van der Waals surface area contributed by atoms with Gasteiger partial charge in [0.15, 0.2) is 5.78 Å². The smallest absolute Gasteiger partial charge is 0.180 e. The van der Waals surface area contributed by atoms with E-state index in [1.807, 2.05) is 24.3 Å². The Morgan fingerprint density at radius 3 is 2.00 bits per heavy atom. The molecule has 0 unspecified atom stereocenters. The number of alkyl halides is 1. The molecule has 0 aliphatic rings. The van der Waals surface area contributed by atoms with Gasteiger partial charge >= 0.3 is 0 Å². The Morgan fingerprint density at radius 1 is 1.20 bits per heavy atom. The van der Waals surface area contributed by atoms with Gasteiger partial charge in [0.05, 0.1) is 5.38 Å². The normalized spacial score (nSPS) is 13.7. The van der Waals surface area contributed by atoms with Crippen LogP contribution >= 0.6 is 11.6 Å². The summed E-state index contributed by atoms with van der Waals surface area (Å²) in [5.74, 6) is -0.0166. The topological polar surface area (TPSA) is 17.1 Å². The summed E-state index contributed by atoms with van der Waals surface area (Å²) in [6.45, 7) is 8.14. The number of carbonyl (C=O) groups is 1. The van der Waals surface area contributed by atoms with Crippen molar-refractivity contribution in [2.24, 2.45) is 0 Å². The van der Waals surface area contributed by atoms with Crippen LogP contribution in [0.4, 0.5) is 0 Å². The average Bonchev–Trinajstić information content (AvgIpc) is 2.15. The molecule has 0 N–H and O–H groups in total. The number of hydrogen-bond donors (Lipinski definition) is 0. The molecule has 0 radical (unpaired) electrons. The van der Waals surface area contributed by atoms with Crippen molar-refractivity contribution >= 4 is 17.4 Å². The molecule has 0 heterocycles. The molecule has 15 heavy (non-hydrogen) atoms. The predicted octanol–water partition coefficient (Wildman–Crippen LogP) is 3.79. The van der Waals surface area contributed by atoms with E-state index in [0.29, 0.717) is 5.56 Å². The second kappa shape index (κ2) is 4.36. The Balaban J connectivity index is 2.96. The van der Waals surface area contributed by atoms with Crippen molar-refractivity contribution in [3.05, 3.63) is 35.4 Å². The number of ketones is 1. The summed E-state index contributed by atoms with van der Waals surface area (Å²) in [6.07, 6.45) is 0. The summed E-state index contributed by atoms with van der Waals surface area (Å²) in [7, 11) is 0. The number of Topliss-reactive ketones (excluding diaryl/α,β-unsaturated/α-hetero) is 1. The largest absolute Gasteiger partial charge is 0.293 e. The zero-order valence-electron chi connectivity index (χ0n) is 9.67. The molecule has 0 bridgehead atoms. The molecule has 0 aliphatic heterocycles. The minimum atomic E-state index is -0.453.